The highest BCUT2D eigenvalue weighted by atomic mass is 32.2. The van der Waals surface area contributed by atoms with E-state index in [4.69, 9.17) is 0 Å². The van der Waals surface area contributed by atoms with Crippen LogP contribution in [0.1, 0.15) is 42.9 Å². The molecule has 0 heterocycles. The van der Waals surface area contributed by atoms with Crippen molar-refractivity contribution in [2.24, 2.45) is 0 Å². The van der Waals surface area contributed by atoms with Crippen LogP contribution in [0.25, 0.3) is 0 Å². The van der Waals surface area contributed by atoms with Gasteiger partial charge in [0.25, 0.3) is 0 Å². The van der Waals surface area contributed by atoms with Gasteiger partial charge in [0.15, 0.2) is 0 Å². The summed E-state index contributed by atoms with van der Waals surface area (Å²) in [5, 5.41) is 2.87. The zero-order chi connectivity index (χ0) is 20.2. The van der Waals surface area contributed by atoms with E-state index >= 15 is 0 Å². The maximum atomic E-state index is 12.4. The van der Waals surface area contributed by atoms with Gasteiger partial charge in [0.05, 0.1) is 11.9 Å². The van der Waals surface area contributed by atoms with Crippen LogP contribution in [0.4, 0.5) is 11.4 Å². The molecule has 0 saturated carbocycles. The average molecular weight is 389 g/mol. The van der Waals surface area contributed by atoms with Gasteiger partial charge in [-0.3, -0.25) is 9.10 Å². The maximum absolute atomic E-state index is 12.4. The third-order valence-electron chi connectivity index (χ3n) is 4.43. The minimum absolute atomic E-state index is 0.0762. The zero-order valence-electron chi connectivity index (χ0n) is 16.6. The molecule has 27 heavy (non-hydrogen) atoms. The van der Waals surface area contributed by atoms with Gasteiger partial charge < -0.3 is 5.32 Å². The number of rotatable bonds is 7. The fourth-order valence-electron chi connectivity index (χ4n) is 3.04. The van der Waals surface area contributed by atoms with Gasteiger partial charge in [-0.25, -0.2) is 8.42 Å². The first-order valence-electron chi connectivity index (χ1n) is 9.03. The highest BCUT2D eigenvalue weighted by molar-refractivity contribution is 7.92. The van der Waals surface area contributed by atoms with Crippen molar-refractivity contribution in [2.45, 2.75) is 40.0 Å². The van der Waals surface area contributed by atoms with Gasteiger partial charge in [0, 0.05) is 18.7 Å². The Morgan fingerprint density at radius 3 is 2.37 bits per heavy atom. The minimum Gasteiger partial charge on any atom is -0.326 e. The summed E-state index contributed by atoms with van der Waals surface area (Å²) in [5.41, 5.74) is 4.43. The molecule has 0 fully saturated rings. The molecule has 2 rings (SSSR count). The molecular formula is C21H28N2O3S. The molecule has 0 aliphatic carbocycles. The smallest absolute Gasteiger partial charge is 0.232 e. The highest BCUT2D eigenvalue weighted by Crippen LogP contribution is 2.29. The Morgan fingerprint density at radius 2 is 1.78 bits per heavy atom. The molecule has 1 amide bonds. The molecule has 0 radical (unpaired) electrons. The van der Waals surface area contributed by atoms with Crippen molar-refractivity contribution in [1.29, 1.82) is 0 Å². The van der Waals surface area contributed by atoms with Gasteiger partial charge in [-0.1, -0.05) is 49.7 Å². The average Bonchev–Trinajstić information content (AvgIpc) is 2.56. The SMILES string of the molecule is Cc1ccc(NC(=O)CCN(c2ccccc2C(C)C)S(C)(=O)=O)c(C)c1. The summed E-state index contributed by atoms with van der Waals surface area (Å²) in [6, 6.07) is 13.2. The van der Waals surface area contributed by atoms with E-state index in [-0.39, 0.29) is 24.8 Å². The van der Waals surface area contributed by atoms with Crippen LogP contribution in [-0.4, -0.2) is 27.1 Å². The summed E-state index contributed by atoms with van der Waals surface area (Å²) in [5.74, 6) is -0.0351. The molecule has 1 N–H and O–H groups in total. The molecule has 0 unspecified atom stereocenters. The van der Waals surface area contributed by atoms with E-state index in [1.165, 1.54) is 10.6 Å². The van der Waals surface area contributed by atoms with Crippen molar-refractivity contribution >= 4 is 27.3 Å². The Hall–Kier alpha value is -2.34. The van der Waals surface area contributed by atoms with Crippen LogP contribution in [0, 0.1) is 13.8 Å². The molecule has 146 valence electrons. The number of nitrogens with zero attached hydrogens (tertiary/aromatic N) is 1. The van der Waals surface area contributed by atoms with Crippen molar-refractivity contribution in [3.8, 4) is 0 Å². The van der Waals surface area contributed by atoms with Crippen LogP contribution in [0.2, 0.25) is 0 Å². The molecule has 0 saturated heterocycles. The standard InChI is InChI=1S/C21H28N2O3S/c1-15(2)18-8-6-7-9-20(18)23(27(5,25)26)13-12-21(24)22-19-11-10-16(3)14-17(19)4/h6-11,14-15H,12-13H2,1-5H3,(H,22,24). The lowest BCUT2D eigenvalue weighted by Gasteiger charge is -2.26. The van der Waals surface area contributed by atoms with Gasteiger partial charge in [-0.05, 0) is 43.0 Å². The second-order valence-corrected chi connectivity index (χ2v) is 9.07. The normalized spacial score (nSPS) is 11.5. The first-order chi connectivity index (χ1) is 12.6. The number of carbonyl (C=O) groups excluding carboxylic acids is 1. The predicted molar refractivity (Wildman–Crippen MR) is 112 cm³/mol. The minimum atomic E-state index is -3.50. The van der Waals surface area contributed by atoms with E-state index in [2.05, 4.69) is 5.32 Å². The second kappa shape index (κ2) is 8.57. The fraction of sp³-hybridized carbons (Fsp3) is 0.381. The number of nitrogens with one attached hydrogen (secondary N) is 1. The summed E-state index contributed by atoms with van der Waals surface area (Å²) in [4.78, 5) is 12.4. The number of para-hydroxylation sites is 1. The maximum Gasteiger partial charge on any atom is 0.232 e. The number of hydrogen-bond acceptors (Lipinski definition) is 3. The monoisotopic (exact) mass is 388 g/mol. The van der Waals surface area contributed by atoms with Crippen LogP contribution in [-0.2, 0) is 14.8 Å². The number of benzene rings is 2. The van der Waals surface area contributed by atoms with Crippen LogP contribution >= 0.6 is 0 Å². The summed E-state index contributed by atoms with van der Waals surface area (Å²) in [6.45, 7) is 8.07. The van der Waals surface area contributed by atoms with E-state index < -0.39 is 10.0 Å². The van der Waals surface area contributed by atoms with Crippen LogP contribution in [0.5, 0.6) is 0 Å². The Labute approximate surface area is 162 Å². The summed E-state index contributed by atoms with van der Waals surface area (Å²) >= 11 is 0. The molecule has 2 aromatic carbocycles. The fourth-order valence-corrected chi connectivity index (χ4v) is 3.98. The largest absolute Gasteiger partial charge is 0.326 e. The van der Waals surface area contributed by atoms with Gasteiger partial charge >= 0.3 is 0 Å². The Kier molecular flexibility index (Phi) is 6.65. The van der Waals surface area contributed by atoms with Crippen molar-refractivity contribution in [1.82, 2.24) is 0 Å². The number of hydrogen-bond donors (Lipinski definition) is 1. The van der Waals surface area contributed by atoms with E-state index in [0.29, 0.717) is 5.69 Å². The molecule has 0 atom stereocenters. The summed E-state index contributed by atoms with van der Waals surface area (Å²) < 4.78 is 26.1. The summed E-state index contributed by atoms with van der Waals surface area (Å²) in [6.07, 6.45) is 1.25. The second-order valence-electron chi connectivity index (χ2n) is 7.17. The van der Waals surface area contributed by atoms with Crippen LogP contribution in [0.15, 0.2) is 42.5 Å². The number of sulfonamides is 1. The number of aryl methyl sites for hydroxylation is 2. The lowest BCUT2D eigenvalue weighted by molar-refractivity contribution is -0.116. The molecule has 0 spiro atoms. The van der Waals surface area contributed by atoms with E-state index in [9.17, 15) is 13.2 Å². The Balaban J connectivity index is 2.17. The quantitative estimate of drug-likeness (QED) is 0.772. The molecule has 0 aliphatic rings. The lowest BCUT2D eigenvalue weighted by atomic mass is 10.0. The van der Waals surface area contributed by atoms with Crippen LogP contribution < -0.4 is 9.62 Å². The van der Waals surface area contributed by atoms with Crippen molar-refractivity contribution in [3.05, 3.63) is 59.2 Å². The molecule has 2 aromatic rings. The predicted octanol–water partition coefficient (Wildman–Crippen LogP) is 4.22. The van der Waals surface area contributed by atoms with Gasteiger partial charge in [0.2, 0.25) is 15.9 Å². The molecule has 5 nitrogen and oxygen atoms in total. The van der Waals surface area contributed by atoms with Gasteiger partial charge in [0.1, 0.15) is 0 Å². The number of anilines is 2. The number of amides is 1. The Morgan fingerprint density at radius 1 is 1.11 bits per heavy atom. The molecule has 0 aromatic heterocycles. The third-order valence-corrected chi connectivity index (χ3v) is 5.61. The molecule has 0 bridgehead atoms. The zero-order valence-corrected chi connectivity index (χ0v) is 17.4. The molecule has 6 heteroatoms. The first-order valence-corrected chi connectivity index (χ1v) is 10.9. The van der Waals surface area contributed by atoms with Crippen molar-refractivity contribution in [3.63, 3.8) is 0 Å². The Bertz CT molecular complexity index is 921. The van der Waals surface area contributed by atoms with Crippen molar-refractivity contribution < 1.29 is 13.2 Å². The summed E-state index contributed by atoms with van der Waals surface area (Å²) in [7, 11) is -3.50. The lowest BCUT2D eigenvalue weighted by Crippen LogP contribution is -2.33. The van der Waals surface area contributed by atoms with Gasteiger partial charge in [-0.15, -0.1) is 0 Å². The van der Waals surface area contributed by atoms with Crippen LogP contribution in [0.3, 0.4) is 0 Å². The van der Waals surface area contributed by atoms with Gasteiger partial charge in [-0.2, -0.15) is 0 Å². The topological polar surface area (TPSA) is 66.5 Å². The third kappa shape index (κ3) is 5.57. The van der Waals surface area contributed by atoms with E-state index in [0.717, 1.165) is 22.4 Å². The van der Waals surface area contributed by atoms with Crippen molar-refractivity contribution in [2.75, 3.05) is 22.4 Å². The highest BCUT2D eigenvalue weighted by Gasteiger charge is 2.22. The van der Waals surface area contributed by atoms with E-state index in [1.807, 2.05) is 64.1 Å². The first kappa shape index (κ1) is 21.0. The molecule has 0 aliphatic heterocycles. The molecular weight excluding hydrogens is 360 g/mol. The van der Waals surface area contributed by atoms with E-state index in [1.54, 1.807) is 6.07 Å². The number of carbonyl (C=O) groups is 1.